The summed E-state index contributed by atoms with van der Waals surface area (Å²) in [5.74, 6) is -6.06. The van der Waals surface area contributed by atoms with E-state index in [4.69, 9.17) is 5.11 Å². The molecule has 18 heavy (non-hydrogen) atoms. The van der Waals surface area contributed by atoms with Gasteiger partial charge in [-0.25, -0.2) is 13.6 Å². The third kappa shape index (κ3) is 3.35. The molecule has 0 atom stereocenters. The summed E-state index contributed by atoms with van der Waals surface area (Å²) in [6.07, 6.45) is -3.87. The third-order valence-electron chi connectivity index (χ3n) is 2.11. The lowest BCUT2D eigenvalue weighted by atomic mass is 10.1. The Bertz CT molecular complexity index is 446. The molecule has 3 nitrogen and oxygen atoms in total. The van der Waals surface area contributed by atoms with E-state index < -0.39 is 24.9 Å². The van der Waals surface area contributed by atoms with Gasteiger partial charge in [0.05, 0.1) is 0 Å². The quantitative estimate of drug-likeness (QED) is 0.833. The number of halogens is 4. The first-order valence-electron chi connectivity index (χ1n) is 4.87. The monoisotopic (exact) mass is 266 g/mol. The highest BCUT2D eigenvalue weighted by Crippen LogP contribution is 2.26. The molecule has 0 aliphatic carbocycles. The highest BCUT2D eigenvalue weighted by Gasteiger charge is 2.42. The molecule has 0 aromatic heterocycles. The van der Waals surface area contributed by atoms with Gasteiger partial charge in [-0.15, -0.1) is 0 Å². The van der Waals surface area contributed by atoms with Crippen LogP contribution in [0, 0.1) is 6.92 Å². The molecule has 1 rings (SSSR count). The van der Waals surface area contributed by atoms with Gasteiger partial charge in [-0.3, -0.25) is 0 Å². The Morgan fingerprint density at radius 1 is 1.44 bits per heavy atom. The van der Waals surface area contributed by atoms with Crippen molar-refractivity contribution >= 4 is 5.97 Å². The van der Waals surface area contributed by atoms with Crippen LogP contribution in [0.4, 0.5) is 17.6 Å². The molecule has 0 aliphatic rings. The first-order valence-corrected chi connectivity index (χ1v) is 4.87. The molecule has 0 bridgehead atoms. The van der Waals surface area contributed by atoms with E-state index in [0.29, 0.717) is 5.56 Å². The molecular formula is C11H10F4O3. The molecule has 0 saturated carbocycles. The molecule has 1 N–H and O–H groups in total. The molecule has 0 spiro atoms. The molecule has 7 heteroatoms. The summed E-state index contributed by atoms with van der Waals surface area (Å²) in [7, 11) is 0. The molecule has 0 radical (unpaired) electrons. The number of alkyl halides is 4. The molecule has 0 unspecified atom stereocenters. The lowest BCUT2D eigenvalue weighted by molar-refractivity contribution is -0.148. The van der Waals surface area contributed by atoms with Crippen molar-refractivity contribution in [3.05, 3.63) is 29.3 Å². The second kappa shape index (κ2) is 5.24. The maximum absolute atomic E-state index is 12.6. The van der Waals surface area contributed by atoms with Crippen molar-refractivity contribution < 1.29 is 32.2 Å². The van der Waals surface area contributed by atoms with Crippen molar-refractivity contribution in [2.45, 2.75) is 19.3 Å². The van der Waals surface area contributed by atoms with Crippen LogP contribution in [-0.2, 0) is 0 Å². The fourth-order valence-electron chi connectivity index (χ4n) is 1.16. The normalized spacial score (nSPS) is 11.7. The van der Waals surface area contributed by atoms with Crippen LogP contribution < -0.4 is 4.74 Å². The number of carbonyl (C=O) groups is 1. The summed E-state index contributed by atoms with van der Waals surface area (Å²) in [6.45, 7) is 0.0120. The van der Waals surface area contributed by atoms with E-state index in [0.717, 1.165) is 6.07 Å². The van der Waals surface area contributed by atoms with Gasteiger partial charge in [0, 0.05) is 0 Å². The zero-order valence-electron chi connectivity index (χ0n) is 9.29. The minimum atomic E-state index is -4.32. The van der Waals surface area contributed by atoms with Crippen LogP contribution in [0.2, 0.25) is 0 Å². The Kier molecular flexibility index (Phi) is 4.15. The summed E-state index contributed by atoms with van der Waals surface area (Å²) in [5, 5.41) is 8.78. The number of aryl methyl sites for hydroxylation is 1. The van der Waals surface area contributed by atoms with Crippen molar-refractivity contribution in [2.75, 3.05) is 6.61 Å². The molecule has 0 fully saturated rings. The van der Waals surface area contributed by atoms with Gasteiger partial charge >= 0.3 is 18.3 Å². The van der Waals surface area contributed by atoms with Crippen molar-refractivity contribution in [3.8, 4) is 5.75 Å². The van der Waals surface area contributed by atoms with E-state index >= 15 is 0 Å². The second-order valence-corrected chi connectivity index (χ2v) is 3.66. The van der Waals surface area contributed by atoms with Crippen molar-refractivity contribution in [1.29, 1.82) is 0 Å². The van der Waals surface area contributed by atoms with E-state index in [9.17, 15) is 22.4 Å². The standard InChI is InChI=1S/C11H10F4O3/c1-6-2-3-7(9(16)17)8(4-6)18-5-11(14,15)10(12)13/h2-4,10H,5H2,1H3,(H,16,17). The molecule has 0 heterocycles. The van der Waals surface area contributed by atoms with E-state index in [1.807, 2.05) is 0 Å². The van der Waals surface area contributed by atoms with Crippen LogP contribution >= 0.6 is 0 Å². The van der Waals surface area contributed by atoms with Crippen LogP contribution in [0.1, 0.15) is 15.9 Å². The fraction of sp³-hybridized carbons (Fsp3) is 0.364. The Hall–Kier alpha value is -1.79. The Labute approximate surface area is 100.0 Å². The van der Waals surface area contributed by atoms with Crippen molar-refractivity contribution in [2.24, 2.45) is 0 Å². The van der Waals surface area contributed by atoms with Gasteiger partial charge in [-0.2, -0.15) is 8.78 Å². The number of carboxylic acid groups (broad SMARTS) is 1. The number of carboxylic acids is 1. The summed E-state index contributed by atoms with van der Waals surface area (Å²) >= 11 is 0. The van der Waals surface area contributed by atoms with Crippen molar-refractivity contribution in [1.82, 2.24) is 0 Å². The van der Waals surface area contributed by atoms with Gasteiger partial charge in [0.1, 0.15) is 11.3 Å². The van der Waals surface area contributed by atoms with E-state index in [2.05, 4.69) is 4.74 Å². The van der Waals surface area contributed by atoms with Gasteiger partial charge in [-0.1, -0.05) is 6.07 Å². The first-order chi connectivity index (χ1) is 8.24. The van der Waals surface area contributed by atoms with Gasteiger partial charge in [0.25, 0.3) is 0 Å². The van der Waals surface area contributed by atoms with Crippen LogP contribution in [0.15, 0.2) is 18.2 Å². The number of ether oxygens (including phenoxy) is 1. The Morgan fingerprint density at radius 3 is 2.56 bits per heavy atom. The van der Waals surface area contributed by atoms with Crippen LogP contribution in [0.3, 0.4) is 0 Å². The molecule has 0 aliphatic heterocycles. The lowest BCUT2D eigenvalue weighted by Crippen LogP contribution is -2.34. The summed E-state index contributed by atoms with van der Waals surface area (Å²) < 4.78 is 53.6. The molecular weight excluding hydrogens is 256 g/mol. The molecule has 1 aromatic carbocycles. The third-order valence-corrected chi connectivity index (χ3v) is 2.11. The minimum Gasteiger partial charge on any atom is -0.486 e. The van der Waals surface area contributed by atoms with Crippen molar-refractivity contribution in [3.63, 3.8) is 0 Å². The molecule has 100 valence electrons. The maximum Gasteiger partial charge on any atom is 0.340 e. The van der Waals surface area contributed by atoms with Gasteiger partial charge in [-0.05, 0) is 24.6 Å². The van der Waals surface area contributed by atoms with Crippen LogP contribution in [-0.4, -0.2) is 30.0 Å². The number of hydrogen-bond donors (Lipinski definition) is 1. The number of benzene rings is 1. The number of hydrogen-bond acceptors (Lipinski definition) is 2. The topological polar surface area (TPSA) is 46.5 Å². The second-order valence-electron chi connectivity index (χ2n) is 3.66. The maximum atomic E-state index is 12.6. The SMILES string of the molecule is Cc1ccc(C(=O)O)c(OCC(F)(F)C(F)F)c1. The zero-order valence-corrected chi connectivity index (χ0v) is 9.29. The average Bonchev–Trinajstić information content (AvgIpc) is 2.26. The highest BCUT2D eigenvalue weighted by molar-refractivity contribution is 5.90. The van der Waals surface area contributed by atoms with Gasteiger partial charge < -0.3 is 9.84 Å². The van der Waals surface area contributed by atoms with E-state index in [-0.39, 0.29) is 11.3 Å². The van der Waals surface area contributed by atoms with E-state index in [1.165, 1.54) is 12.1 Å². The summed E-state index contributed by atoms with van der Waals surface area (Å²) in [6, 6.07) is 3.81. The Balaban J connectivity index is 2.90. The summed E-state index contributed by atoms with van der Waals surface area (Å²) in [5.41, 5.74) is 0.209. The van der Waals surface area contributed by atoms with E-state index in [1.54, 1.807) is 6.92 Å². The molecule has 1 aromatic rings. The average molecular weight is 266 g/mol. The largest absolute Gasteiger partial charge is 0.486 e. The van der Waals surface area contributed by atoms with Crippen LogP contribution in [0.25, 0.3) is 0 Å². The Morgan fingerprint density at radius 2 is 2.06 bits per heavy atom. The molecule has 0 amide bonds. The smallest absolute Gasteiger partial charge is 0.340 e. The number of aromatic carboxylic acids is 1. The van der Waals surface area contributed by atoms with Gasteiger partial charge in [0.2, 0.25) is 0 Å². The summed E-state index contributed by atoms with van der Waals surface area (Å²) in [4.78, 5) is 10.8. The van der Waals surface area contributed by atoms with Gasteiger partial charge in [0.15, 0.2) is 6.61 Å². The highest BCUT2D eigenvalue weighted by atomic mass is 19.3. The van der Waals surface area contributed by atoms with Crippen LogP contribution in [0.5, 0.6) is 5.75 Å². The fourth-order valence-corrected chi connectivity index (χ4v) is 1.16. The zero-order chi connectivity index (χ0) is 13.9. The minimum absolute atomic E-state index is 0.356. The lowest BCUT2D eigenvalue weighted by Gasteiger charge is -2.17. The number of rotatable bonds is 5. The first kappa shape index (κ1) is 14.3. The predicted octanol–water partition coefficient (Wildman–Crippen LogP) is 2.97. The predicted molar refractivity (Wildman–Crippen MR) is 54.6 cm³/mol. The molecule has 0 saturated heterocycles.